The SMILES string of the molecule is C=CCN(CC=C)C(F)CCC(=O)c1ccccc1. The van der Waals surface area contributed by atoms with Gasteiger partial charge in [0.25, 0.3) is 0 Å². The van der Waals surface area contributed by atoms with E-state index in [0.717, 1.165) is 0 Å². The molecule has 0 saturated heterocycles. The van der Waals surface area contributed by atoms with Crippen LogP contribution < -0.4 is 0 Å². The van der Waals surface area contributed by atoms with Crippen molar-refractivity contribution in [1.29, 1.82) is 0 Å². The molecule has 0 aliphatic carbocycles. The van der Waals surface area contributed by atoms with Crippen LogP contribution in [0.25, 0.3) is 0 Å². The van der Waals surface area contributed by atoms with Crippen molar-refractivity contribution in [3.05, 3.63) is 61.2 Å². The van der Waals surface area contributed by atoms with Crippen molar-refractivity contribution < 1.29 is 9.18 Å². The molecular weight excluding hydrogens is 241 g/mol. The van der Waals surface area contributed by atoms with Crippen molar-refractivity contribution in [3.63, 3.8) is 0 Å². The van der Waals surface area contributed by atoms with E-state index in [1.165, 1.54) is 0 Å². The maximum atomic E-state index is 14.0. The van der Waals surface area contributed by atoms with Gasteiger partial charge in [0.05, 0.1) is 0 Å². The number of benzene rings is 1. The number of nitrogens with zero attached hydrogens (tertiary/aromatic N) is 1. The van der Waals surface area contributed by atoms with Crippen LogP contribution in [0.3, 0.4) is 0 Å². The molecule has 1 rings (SSSR count). The predicted molar refractivity (Wildman–Crippen MR) is 76.9 cm³/mol. The summed E-state index contributed by atoms with van der Waals surface area (Å²) in [5, 5.41) is 0. The molecule has 1 unspecified atom stereocenters. The molecule has 1 atom stereocenters. The number of hydrogen-bond acceptors (Lipinski definition) is 2. The minimum Gasteiger partial charge on any atom is -0.294 e. The Bertz CT molecular complexity index is 406. The molecule has 0 amide bonds. The third-order valence-electron chi connectivity index (χ3n) is 2.83. The lowest BCUT2D eigenvalue weighted by Gasteiger charge is -2.23. The molecule has 3 heteroatoms. The van der Waals surface area contributed by atoms with Gasteiger partial charge in [0.15, 0.2) is 12.1 Å². The zero-order chi connectivity index (χ0) is 14.1. The number of ketones is 1. The third kappa shape index (κ3) is 5.18. The average Bonchev–Trinajstić information content (AvgIpc) is 2.45. The summed E-state index contributed by atoms with van der Waals surface area (Å²) in [6.45, 7) is 8.10. The van der Waals surface area contributed by atoms with Crippen molar-refractivity contribution in [2.45, 2.75) is 19.1 Å². The van der Waals surface area contributed by atoms with Crippen molar-refractivity contribution in [3.8, 4) is 0 Å². The third-order valence-corrected chi connectivity index (χ3v) is 2.83. The van der Waals surface area contributed by atoms with E-state index in [1.807, 2.05) is 18.2 Å². The summed E-state index contributed by atoms with van der Waals surface area (Å²) < 4.78 is 14.0. The highest BCUT2D eigenvalue weighted by atomic mass is 19.1. The van der Waals surface area contributed by atoms with Gasteiger partial charge in [-0.3, -0.25) is 9.69 Å². The van der Waals surface area contributed by atoms with Crippen molar-refractivity contribution in [2.75, 3.05) is 13.1 Å². The van der Waals surface area contributed by atoms with E-state index in [4.69, 9.17) is 0 Å². The fraction of sp³-hybridized carbons (Fsp3) is 0.312. The Morgan fingerprint density at radius 3 is 2.32 bits per heavy atom. The van der Waals surface area contributed by atoms with Crippen LogP contribution >= 0.6 is 0 Å². The molecule has 0 bridgehead atoms. The molecule has 0 radical (unpaired) electrons. The van der Waals surface area contributed by atoms with Crippen LogP contribution in [0.1, 0.15) is 23.2 Å². The largest absolute Gasteiger partial charge is 0.294 e. The molecule has 2 nitrogen and oxygen atoms in total. The van der Waals surface area contributed by atoms with Gasteiger partial charge < -0.3 is 0 Å². The lowest BCUT2D eigenvalue weighted by Crippen LogP contribution is -2.32. The van der Waals surface area contributed by atoms with E-state index < -0.39 is 6.30 Å². The first kappa shape index (κ1) is 15.3. The summed E-state index contributed by atoms with van der Waals surface area (Å²) in [6.07, 6.45) is 2.54. The Kier molecular flexibility index (Phi) is 6.75. The lowest BCUT2D eigenvalue weighted by atomic mass is 10.1. The summed E-state index contributed by atoms with van der Waals surface area (Å²) in [4.78, 5) is 13.5. The minimum atomic E-state index is -1.15. The van der Waals surface area contributed by atoms with Crippen molar-refractivity contribution in [2.24, 2.45) is 0 Å². The normalized spacial score (nSPS) is 12.1. The van der Waals surface area contributed by atoms with Gasteiger partial charge >= 0.3 is 0 Å². The van der Waals surface area contributed by atoms with Crippen LogP contribution in [-0.2, 0) is 0 Å². The number of hydrogen-bond donors (Lipinski definition) is 0. The highest BCUT2D eigenvalue weighted by Gasteiger charge is 2.17. The standard InChI is InChI=1S/C16H20FNO/c1-3-12-18(13-4-2)16(17)11-10-15(19)14-8-6-5-7-9-14/h3-9,16H,1-2,10-13H2. The highest BCUT2D eigenvalue weighted by Crippen LogP contribution is 2.12. The van der Waals surface area contributed by atoms with E-state index in [1.54, 1.807) is 29.2 Å². The van der Waals surface area contributed by atoms with Gasteiger partial charge in [-0.15, -0.1) is 13.2 Å². The van der Waals surface area contributed by atoms with Crippen molar-refractivity contribution >= 4 is 5.78 Å². The summed E-state index contributed by atoms with van der Waals surface area (Å²) >= 11 is 0. The molecule has 0 fully saturated rings. The maximum absolute atomic E-state index is 14.0. The van der Waals surface area contributed by atoms with Gasteiger partial charge in [0, 0.05) is 25.1 Å². The van der Waals surface area contributed by atoms with E-state index in [2.05, 4.69) is 13.2 Å². The monoisotopic (exact) mass is 261 g/mol. The summed E-state index contributed by atoms with van der Waals surface area (Å²) in [5.41, 5.74) is 0.633. The van der Waals surface area contributed by atoms with Crippen LogP contribution in [-0.4, -0.2) is 30.1 Å². The molecule has 1 aromatic rings. The molecule has 19 heavy (non-hydrogen) atoms. The Morgan fingerprint density at radius 2 is 1.79 bits per heavy atom. The number of alkyl halides is 1. The zero-order valence-corrected chi connectivity index (χ0v) is 11.1. The summed E-state index contributed by atoms with van der Waals surface area (Å²) in [7, 11) is 0. The van der Waals surface area contributed by atoms with Gasteiger partial charge in [-0.25, -0.2) is 4.39 Å². The van der Waals surface area contributed by atoms with E-state index in [0.29, 0.717) is 18.7 Å². The second-order valence-corrected chi connectivity index (χ2v) is 4.29. The molecule has 0 spiro atoms. The first-order chi connectivity index (χ1) is 9.19. The second kappa shape index (κ2) is 8.38. The van der Waals surface area contributed by atoms with Crippen LogP contribution in [0.15, 0.2) is 55.6 Å². The Labute approximate surface area is 114 Å². The van der Waals surface area contributed by atoms with E-state index in [-0.39, 0.29) is 18.6 Å². The molecule has 0 saturated carbocycles. The number of Topliss-reactive ketones (excluding diaryl/α,β-unsaturated/α-hetero) is 1. The van der Waals surface area contributed by atoms with Crippen LogP contribution in [0.5, 0.6) is 0 Å². The topological polar surface area (TPSA) is 20.3 Å². The second-order valence-electron chi connectivity index (χ2n) is 4.29. The number of rotatable bonds is 9. The fourth-order valence-electron chi connectivity index (χ4n) is 1.84. The van der Waals surface area contributed by atoms with Gasteiger partial charge in [0.2, 0.25) is 0 Å². The highest BCUT2D eigenvalue weighted by molar-refractivity contribution is 5.95. The Hall–Kier alpha value is -1.74. The minimum absolute atomic E-state index is 0.0274. The van der Waals surface area contributed by atoms with E-state index in [9.17, 15) is 9.18 Å². The van der Waals surface area contributed by atoms with Gasteiger partial charge in [0.1, 0.15) is 0 Å². The molecule has 0 N–H and O–H groups in total. The maximum Gasteiger partial charge on any atom is 0.163 e. The number of halogens is 1. The van der Waals surface area contributed by atoms with Crippen LogP contribution in [0.2, 0.25) is 0 Å². The average molecular weight is 261 g/mol. The predicted octanol–water partition coefficient (Wildman–Crippen LogP) is 3.62. The smallest absolute Gasteiger partial charge is 0.163 e. The Morgan fingerprint density at radius 1 is 1.21 bits per heavy atom. The van der Waals surface area contributed by atoms with Crippen LogP contribution in [0, 0.1) is 0 Å². The first-order valence-electron chi connectivity index (χ1n) is 6.37. The molecule has 0 aliphatic rings. The zero-order valence-electron chi connectivity index (χ0n) is 11.1. The molecular formula is C16H20FNO. The molecule has 0 heterocycles. The van der Waals surface area contributed by atoms with Gasteiger partial charge in [-0.2, -0.15) is 0 Å². The summed E-state index contributed by atoms with van der Waals surface area (Å²) in [6, 6.07) is 8.97. The quantitative estimate of drug-likeness (QED) is 0.384. The molecule has 1 aromatic carbocycles. The first-order valence-corrected chi connectivity index (χ1v) is 6.37. The molecule has 102 valence electrons. The summed E-state index contributed by atoms with van der Waals surface area (Å²) in [5.74, 6) is -0.0274. The molecule has 0 aliphatic heterocycles. The Balaban J connectivity index is 2.48. The number of carbonyl (C=O) groups excluding carboxylic acids is 1. The van der Waals surface area contributed by atoms with Gasteiger partial charge in [-0.05, 0) is 6.42 Å². The lowest BCUT2D eigenvalue weighted by molar-refractivity contribution is 0.0819. The van der Waals surface area contributed by atoms with Crippen molar-refractivity contribution in [1.82, 2.24) is 4.90 Å². The van der Waals surface area contributed by atoms with E-state index >= 15 is 0 Å². The van der Waals surface area contributed by atoms with Crippen LogP contribution in [0.4, 0.5) is 4.39 Å². The molecule has 0 aromatic heterocycles. The van der Waals surface area contributed by atoms with Gasteiger partial charge in [-0.1, -0.05) is 42.5 Å². The fourth-order valence-corrected chi connectivity index (χ4v) is 1.84. The number of carbonyl (C=O) groups is 1.